The van der Waals surface area contributed by atoms with E-state index in [1.165, 1.54) is 28.4 Å². The molecule has 12 heteroatoms. The Morgan fingerprint density at radius 2 is 1.77 bits per heavy atom. The number of carbonyl (C=O) groups is 2. The summed E-state index contributed by atoms with van der Waals surface area (Å²) in [5.74, 6) is -0.107. The molecule has 1 saturated carbocycles. The Labute approximate surface area is 241 Å². The van der Waals surface area contributed by atoms with Crippen LogP contribution in [0.3, 0.4) is 0 Å². The van der Waals surface area contributed by atoms with Gasteiger partial charge in [0.1, 0.15) is 28.5 Å². The molecule has 0 spiro atoms. The van der Waals surface area contributed by atoms with Crippen LogP contribution in [0.1, 0.15) is 24.8 Å². The molecule has 0 bridgehead atoms. The van der Waals surface area contributed by atoms with Gasteiger partial charge in [-0.15, -0.1) is 0 Å². The lowest BCUT2D eigenvalue weighted by Gasteiger charge is -2.51. The van der Waals surface area contributed by atoms with Crippen LogP contribution in [0.15, 0.2) is 63.9 Å². The number of nitrogens with zero attached hydrogens (tertiary/aromatic N) is 4. The minimum Gasteiger partial charge on any atom is -0.495 e. The number of hydrogen-bond acceptors (Lipinski definition) is 6. The Hall–Kier alpha value is -2.60. The van der Waals surface area contributed by atoms with Crippen molar-refractivity contribution in [2.24, 2.45) is 0 Å². The number of halogens is 2. The summed E-state index contributed by atoms with van der Waals surface area (Å²) in [7, 11) is -2.83. The Morgan fingerprint density at radius 1 is 1.05 bits per heavy atom. The van der Waals surface area contributed by atoms with Crippen molar-refractivity contribution in [1.29, 1.82) is 0 Å². The molecule has 0 N–H and O–H groups in total. The molecule has 9 nitrogen and oxygen atoms in total. The molecular weight excluding hydrogens is 608 g/mol. The lowest BCUT2D eigenvalue weighted by atomic mass is 9.98. The molecule has 206 valence electrons. The second kappa shape index (κ2) is 10.1. The second-order valence-electron chi connectivity index (χ2n) is 10.3. The monoisotopic (exact) mass is 634 g/mol. The molecule has 1 aliphatic carbocycles. The number of methoxy groups -OCH3 is 1. The predicted molar refractivity (Wildman–Crippen MR) is 148 cm³/mol. The van der Waals surface area contributed by atoms with Crippen molar-refractivity contribution in [2.45, 2.75) is 48.7 Å². The lowest BCUT2D eigenvalue weighted by Crippen LogP contribution is -2.68. The lowest BCUT2D eigenvalue weighted by molar-refractivity contribution is -0.153. The number of carbonyl (C=O) groups excluding carboxylic acids is 2. The first-order valence-electron chi connectivity index (χ1n) is 12.9. The van der Waals surface area contributed by atoms with E-state index in [-0.39, 0.29) is 52.3 Å². The van der Waals surface area contributed by atoms with Gasteiger partial charge in [-0.3, -0.25) is 19.4 Å². The van der Waals surface area contributed by atoms with Crippen molar-refractivity contribution in [3.05, 3.63) is 69.5 Å². The minimum atomic E-state index is -4.23. The predicted octanol–water partition coefficient (Wildman–Crippen LogP) is 3.43. The van der Waals surface area contributed by atoms with Gasteiger partial charge in [0.15, 0.2) is 0 Å². The largest absolute Gasteiger partial charge is 0.495 e. The summed E-state index contributed by atoms with van der Waals surface area (Å²) in [5, 5.41) is 0.249. The molecule has 2 amide bonds. The molecule has 3 heterocycles. The second-order valence-corrected chi connectivity index (χ2v) is 13.4. The fourth-order valence-corrected chi connectivity index (χ4v) is 7.55. The van der Waals surface area contributed by atoms with E-state index in [1.807, 2.05) is 29.2 Å². The number of sulfonamides is 1. The van der Waals surface area contributed by atoms with Gasteiger partial charge in [0.2, 0.25) is 11.8 Å². The highest BCUT2D eigenvalue weighted by molar-refractivity contribution is 9.10. The van der Waals surface area contributed by atoms with Crippen LogP contribution >= 0.6 is 27.5 Å². The van der Waals surface area contributed by atoms with Crippen molar-refractivity contribution in [1.82, 2.24) is 19.0 Å². The minimum absolute atomic E-state index is 0.00645. The maximum atomic E-state index is 14.3. The summed E-state index contributed by atoms with van der Waals surface area (Å²) in [6.07, 6.45) is 4.41. The number of rotatable bonds is 7. The summed E-state index contributed by atoms with van der Waals surface area (Å²) in [5.41, 5.74) is 0.873. The van der Waals surface area contributed by atoms with E-state index >= 15 is 0 Å². The van der Waals surface area contributed by atoms with E-state index in [0.29, 0.717) is 13.1 Å². The first kappa shape index (κ1) is 26.6. The topological polar surface area (TPSA) is 90.5 Å². The molecule has 3 aliphatic heterocycles. The van der Waals surface area contributed by atoms with Crippen molar-refractivity contribution < 1.29 is 22.7 Å². The van der Waals surface area contributed by atoms with Gasteiger partial charge in [-0.05, 0) is 55.2 Å². The van der Waals surface area contributed by atoms with E-state index in [1.54, 1.807) is 17.2 Å². The third kappa shape index (κ3) is 4.73. The summed E-state index contributed by atoms with van der Waals surface area (Å²) in [4.78, 5) is 32.9. The zero-order valence-electron chi connectivity index (χ0n) is 21.3. The van der Waals surface area contributed by atoms with Gasteiger partial charge in [0, 0.05) is 41.2 Å². The highest BCUT2D eigenvalue weighted by Crippen LogP contribution is 2.40. The SMILES string of the molecule is COc1ccc(Cl)cc1S(=O)(=O)N1CC(N2CCC2)C(=O)N2C1=CN(C1CC1)C(=O)C2Cc1ccc(Br)cc1. The van der Waals surface area contributed by atoms with Gasteiger partial charge < -0.3 is 9.64 Å². The van der Waals surface area contributed by atoms with Crippen molar-refractivity contribution in [3.8, 4) is 5.75 Å². The molecule has 0 radical (unpaired) electrons. The van der Waals surface area contributed by atoms with Gasteiger partial charge in [-0.25, -0.2) is 12.7 Å². The van der Waals surface area contributed by atoms with E-state index in [9.17, 15) is 18.0 Å². The van der Waals surface area contributed by atoms with Gasteiger partial charge in [-0.2, -0.15) is 0 Å². The van der Waals surface area contributed by atoms with Gasteiger partial charge >= 0.3 is 0 Å². The zero-order chi connectivity index (χ0) is 27.5. The van der Waals surface area contributed by atoms with Crippen molar-refractivity contribution in [3.63, 3.8) is 0 Å². The average molecular weight is 636 g/mol. The first-order valence-corrected chi connectivity index (χ1v) is 15.5. The maximum absolute atomic E-state index is 14.3. The quantitative estimate of drug-likeness (QED) is 0.463. The van der Waals surface area contributed by atoms with Gasteiger partial charge in [0.05, 0.1) is 13.7 Å². The van der Waals surface area contributed by atoms with Crippen molar-refractivity contribution in [2.75, 3.05) is 26.7 Å². The Morgan fingerprint density at radius 3 is 2.38 bits per heavy atom. The van der Waals surface area contributed by atoms with E-state index in [2.05, 4.69) is 15.9 Å². The molecule has 4 aliphatic rings. The molecule has 2 aromatic rings. The molecule has 0 aromatic heterocycles. The maximum Gasteiger partial charge on any atom is 0.269 e. The average Bonchev–Trinajstić information content (AvgIpc) is 3.72. The summed E-state index contributed by atoms with van der Waals surface area (Å²) in [6.45, 7) is 1.32. The summed E-state index contributed by atoms with van der Waals surface area (Å²) in [6, 6.07) is 10.5. The fraction of sp³-hybridized carbons (Fsp3) is 0.407. The number of likely N-dealkylation sites (tertiary alicyclic amines) is 1. The van der Waals surface area contributed by atoms with Crippen LogP contribution in [0, 0.1) is 0 Å². The fourth-order valence-electron chi connectivity index (χ4n) is 5.41. The third-order valence-electron chi connectivity index (χ3n) is 7.78. The number of amides is 2. The molecule has 2 saturated heterocycles. The van der Waals surface area contributed by atoms with E-state index in [0.717, 1.165) is 29.3 Å². The van der Waals surface area contributed by atoms with Crippen LogP contribution in [-0.4, -0.2) is 84.1 Å². The van der Waals surface area contributed by atoms with Crippen LogP contribution in [0.2, 0.25) is 5.02 Å². The highest BCUT2D eigenvalue weighted by atomic mass is 79.9. The molecule has 2 unspecified atom stereocenters. The van der Waals surface area contributed by atoms with Crippen LogP contribution in [0.25, 0.3) is 0 Å². The molecule has 3 fully saturated rings. The number of fused-ring (bicyclic) bond motifs is 1. The Bertz CT molecular complexity index is 1460. The molecule has 6 rings (SSSR count). The number of ether oxygens (including phenoxy) is 1. The smallest absolute Gasteiger partial charge is 0.269 e. The standard InChI is InChI=1S/C27H28BrClN4O5S/c1-38-23-10-7-19(29)14-24(23)39(36,37)32-15-22(30-11-2-12-30)27(35)33-21(13-17-3-5-18(28)6-4-17)26(34)31(16-25(32)33)20-8-9-20/h3-7,10,14,16,20-22H,2,8-9,11-13,15H2,1H3. The highest BCUT2D eigenvalue weighted by Gasteiger charge is 2.53. The van der Waals surface area contributed by atoms with Crippen LogP contribution < -0.4 is 4.74 Å². The van der Waals surface area contributed by atoms with Crippen LogP contribution in [-0.2, 0) is 26.0 Å². The third-order valence-corrected chi connectivity index (χ3v) is 10.3. The first-order chi connectivity index (χ1) is 18.7. The van der Waals surface area contributed by atoms with Gasteiger partial charge in [0.25, 0.3) is 10.0 Å². The molecular formula is C27H28BrClN4O5S. The Kier molecular flexibility index (Phi) is 6.89. The van der Waals surface area contributed by atoms with Crippen LogP contribution in [0.4, 0.5) is 0 Å². The molecule has 2 aromatic carbocycles. The number of hydrogen-bond donors (Lipinski definition) is 0. The summed E-state index contributed by atoms with van der Waals surface area (Å²) < 4.78 is 36.2. The van der Waals surface area contributed by atoms with Crippen molar-refractivity contribution >= 4 is 49.4 Å². The Balaban J connectivity index is 1.49. The van der Waals surface area contributed by atoms with E-state index < -0.39 is 22.1 Å². The normalized spacial score (nSPS) is 23.9. The van der Waals surface area contributed by atoms with E-state index in [4.69, 9.17) is 16.3 Å². The van der Waals surface area contributed by atoms with Crippen LogP contribution in [0.5, 0.6) is 5.75 Å². The molecule has 39 heavy (non-hydrogen) atoms. The zero-order valence-corrected chi connectivity index (χ0v) is 24.5. The van der Waals surface area contributed by atoms with Gasteiger partial charge in [-0.1, -0.05) is 39.7 Å². The molecule has 2 atom stereocenters. The summed E-state index contributed by atoms with van der Waals surface area (Å²) >= 11 is 9.67. The number of benzene rings is 2.